The van der Waals surface area contributed by atoms with Crippen molar-refractivity contribution < 1.29 is 21.1 Å². The van der Waals surface area contributed by atoms with Crippen molar-refractivity contribution in [2.24, 2.45) is 0 Å². The van der Waals surface area contributed by atoms with E-state index in [4.69, 9.17) is 0 Å². The molecule has 0 aromatic carbocycles. The van der Waals surface area contributed by atoms with Crippen LogP contribution in [-0.2, 0) is 96.8 Å². The van der Waals surface area contributed by atoms with Crippen LogP contribution in [0.2, 0.25) is 0 Å². The van der Waals surface area contributed by atoms with Gasteiger partial charge in [-0.15, -0.1) is 0 Å². The summed E-state index contributed by atoms with van der Waals surface area (Å²) in [7, 11) is 10.2. The molecule has 0 heterocycles. The molecule has 0 fully saturated rings. The normalized spacial score (nSPS) is 6.39. The van der Waals surface area contributed by atoms with Crippen molar-refractivity contribution in [3.63, 3.8) is 0 Å². The summed E-state index contributed by atoms with van der Waals surface area (Å²) in [6.45, 7) is 0. The molecule has 19 heteroatoms. The molecule has 0 aliphatic rings. The average Bonchev–Trinajstić information content (AvgIpc) is 2.69. The Morgan fingerprint density at radius 1 is 0.355 bits per heavy atom. The fraction of sp³-hybridized carbons (Fsp3) is 0.500. The van der Waals surface area contributed by atoms with E-state index >= 15 is 0 Å². The van der Waals surface area contributed by atoms with Gasteiger partial charge in [-0.1, -0.05) is 25.9 Å². The molecule has 0 aliphatic heterocycles. The minimum Gasteiger partial charge on any atom is -0.412 e. The van der Waals surface area contributed by atoms with E-state index in [0.717, 1.165) is 0 Å². The molecule has 31 heavy (non-hydrogen) atoms. The molecule has 0 atom stereocenters. The quantitative estimate of drug-likeness (QED) is 0.117. The van der Waals surface area contributed by atoms with Gasteiger partial charge in [0, 0.05) is 42.3 Å². The second-order valence-electron chi connectivity index (χ2n) is 3.22. The van der Waals surface area contributed by atoms with Crippen molar-refractivity contribution in [3.05, 3.63) is 0 Å². The predicted molar refractivity (Wildman–Crippen MR) is 174 cm³/mol. The SMILES string of the molecule is CNC(=S)[S-].CNC(=S)[S-].CNC(=S)[S-].CNC(=S)[S-].CNC(=S)[S-].CNC(=S)[S-].[Mo+6]. The fourth-order valence-corrected chi connectivity index (χ4v) is 0. The number of rotatable bonds is 0. The Morgan fingerprint density at radius 3 is 0.387 bits per heavy atom. The maximum atomic E-state index is 4.40. The average molecular weight is 733 g/mol. The summed E-state index contributed by atoms with van der Waals surface area (Å²) in [6, 6.07) is 0. The van der Waals surface area contributed by atoms with Crippen LogP contribution in [0.25, 0.3) is 0 Å². The zero-order chi connectivity index (χ0) is 25.7. The monoisotopic (exact) mass is 734 g/mol. The van der Waals surface area contributed by atoms with Crippen molar-refractivity contribution in [3.8, 4) is 0 Å². The number of hydrogen-bond donors (Lipinski definition) is 6. The van der Waals surface area contributed by atoms with Gasteiger partial charge in [-0.2, -0.15) is 0 Å². The molecule has 0 aromatic rings. The standard InChI is InChI=1S/6C2H5NS2.Mo/c6*1-3-2(4)5;/h6*1H3,(H2,3,4,5);/q;;;;;;+6/p-6. The van der Waals surface area contributed by atoms with Gasteiger partial charge in [-0.3, -0.25) is 0 Å². The number of nitrogens with one attached hydrogen (secondary N) is 6. The predicted octanol–water partition coefficient (Wildman–Crippen LogP) is 0.223. The fourth-order valence-electron chi connectivity index (χ4n) is 0. The molecule has 0 rings (SSSR count). The van der Waals surface area contributed by atoms with Crippen LogP contribution in [0.15, 0.2) is 0 Å². The first kappa shape index (κ1) is 49.5. The molecule has 0 bridgehead atoms. The maximum Gasteiger partial charge on any atom is 6.00 e. The van der Waals surface area contributed by atoms with E-state index in [1.54, 1.807) is 42.3 Å². The van der Waals surface area contributed by atoms with Crippen LogP contribution in [-0.4, -0.2) is 68.2 Å². The summed E-state index contributed by atoms with van der Waals surface area (Å²) in [6.07, 6.45) is 0. The molecule has 0 radical (unpaired) electrons. The van der Waals surface area contributed by atoms with E-state index < -0.39 is 0 Å². The summed E-state index contributed by atoms with van der Waals surface area (Å²) in [5.41, 5.74) is 0. The van der Waals surface area contributed by atoms with Crippen molar-refractivity contribution >= 4 is 175 Å². The summed E-state index contributed by atoms with van der Waals surface area (Å²) in [5, 5.41) is 15.4. The van der Waals surface area contributed by atoms with Crippen LogP contribution in [0.1, 0.15) is 0 Å². The van der Waals surface area contributed by atoms with Gasteiger partial charge in [0.15, 0.2) is 0 Å². The molecule has 0 spiro atoms. The Kier molecular flexibility index (Phi) is 71.7. The van der Waals surface area contributed by atoms with Gasteiger partial charge >= 0.3 is 21.1 Å². The molecule has 6 N–H and O–H groups in total. The van der Waals surface area contributed by atoms with Crippen LogP contribution in [0.4, 0.5) is 0 Å². The zero-order valence-corrected chi connectivity index (χ0v) is 29.1. The van der Waals surface area contributed by atoms with Crippen molar-refractivity contribution in [2.45, 2.75) is 0 Å². The van der Waals surface area contributed by atoms with E-state index in [-0.39, 0.29) is 21.1 Å². The maximum absolute atomic E-state index is 4.40. The summed E-state index contributed by atoms with van der Waals surface area (Å²) in [5.74, 6) is 0. The van der Waals surface area contributed by atoms with Crippen LogP contribution >= 0.6 is 73.3 Å². The van der Waals surface area contributed by atoms with E-state index in [1.165, 1.54) is 0 Å². The Hall–Kier alpha value is 1.35. The van der Waals surface area contributed by atoms with Gasteiger partial charge in [-0.25, -0.2) is 0 Å². The third kappa shape index (κ3) is 152. The molecule has 0 amide bonds. The topological polar surface area (TPSA) is 72.2 Å². The molecular formula is C12H24MoN6S12. The first-order valence-electron chi connectivity index (χ1n) is 6.95. The molecule has 180 valence electrons. The van der Waals surface area contributed by atoms with Crippen molar-refractivity contribution in [1.29, 1.82) is 0 Å². The van der Waals surface area contributed by atoms with E-state index in [2.05, 4.69) is 181 Å². The van der Waals surface area contributed by atoms with Gasteiger partial charge in [0.1, 0.15) is 0 Å². The van der Waals surface area contributed by atoms with E-state index in [9.17, 15) is 0 Å². The van der Waals surface area contributed by atoms with Crippen molar-refractivity contribution in [1.82, 2.24) is 31.9 Å². The minimum atomic E-state index is 0. The minimum absolute atomic E-state index is 0. The molecule has 0 unspecified atom stereocenters. The first-order chi connectivity index (χ1) is 13.6. The first-order valence-corrected chi connectivity index (χ1v) is 11.8. The largest absolute Gasteiger partial charge is 6.00 e. The third-order valence-corrected chi connectivity index (χ3v) is 3.67. The molecule has 6 nitrogen and oxygen atoms in total. The molecule has 0 aromatic heterocycles. The number of hydrogen-bond acceptors (Lipinski definition) is 12. The van der Waals surface area contributed by atoms with Gasteiger partial charge in [0.25, 0.3) is 0 Å². The Bertz CT molecular complexity index is 372. The van der Waals surface area contributed by atoms with Crippen LogP contribution in [0.3, 0.4) is 0 Å². The van der Waals surface area contributed by atoms with Crippen LogP contribution in [0, 0.1) is 0 Å². The summed E-state index contributed by atoms with van der Waals surface area (Å²) < 4.78 is 2.53. The zero-order valence-electron chi connectivity index (χ0n) is 17.3. The van der Waals surface area contributed by atoms with Crippen LogP contribution < -0.4 is 31.9 Å². The summed E-state index contributed by atoms with van der Waals surface area (Å²) >= 11 is 52.8. The molecule has 0 saturated heterocycles. The van der Waals surface area contributed by atoms with Crippen molar-refractivity contribution in [2.75, 3.05) is 42.3 Å². The van der Waals surface area contributed by atoms with E-state index in [0.29, 0.717) is 25.9 Å². The molecular weight excluding hydrogens is 709 g/mol. The second-order valence-corrected chi connectivity index (χ2v) is 9.67. The second kappa shape index (κ2) is 44.9. The number of thiocarbonyl (C=S) groups is 6. The van der Waals surface area contributed by atoms with Gasteiger partial charge in [0.05, 0.1) is 0 Å². The van der Waals surface area contributed by atoms with Crippen LogP contribution in [0.5, 0.6) is 0 Å². The molecule has 0 saturated carbocycles. The van der Waals surface area contributed by atoms with Gasteiger partial charge in [0.2, 0.25) is 0 Å². The Morgan fingerprint density at radius 2 is 0.387 bits per heavy atom. The Labute approximate surface area is 267 Å². The van der Waals surface area contributed by atoms with Gasteiger partial charge < -0.3 is 181 Å². The van der Waals surface area contributed by atoms with Gasteiger partial charge in [-0.05, 0) is 0 Å². The molecule has 0 aliphatic carbocycles. The summed E-state index contributed by atoms with van der Waals surface area (Å²) in [4.78, 5) is 0. The smallest absolute Gasteiger partial charge is 0.412 e. The third-order valence-electron chi connectivity index (χ3n) is 1.22. The van der Waals surface area contributed by atoms with E-state index in [1.807, 2.05) is 0 Å². The Balaban J connectivity index is -0.0000000443.